The molecule has 0 aromatic heterocycles. The predicted molar refractivity (Wildman–Crippen MR) is 62.7 cm³/mol. The van der Waals surface area contributed by atoms with E-state index < -0.39 is 0 Å². The lowest BCUT2D eigenvalue weighted by Gasteiger charge is -2.08. The Bertz CT molecular complexity index is 104. The van der Waals surface area contributed by atoms with Crippen molar-refractivity contribution in [2.75, 3.05) is 33.9 Å². The molecule has 0 N–H and O–H groups in total. The summed E-state index contributed by atoms with van der Waals surface area (Å²) in [6, 6.07) is 0. The molecular formula is C12H27NO. The summed E-state index contributed by atoms with van der Waals surface area (Å²) in [6.45, 7) is 5.27. The maximum atomic E-state index is 5.42. The van der Waals surface area contributed by atoms with Gasteiger partial charge < -0.3 is 9.64 Å². The molecule has 0 bridgehead atoms. The minimum atomic E-state index is 0.931. The molecule has 14 heavy (non-hydrogen) atoms. The molecule has 0 aliphatic heterocycles. The fourth-order valence-electron chi connectivity index (χ4n) is 1.41. The first-order valence-electron chi connectivity index (χ1n) is 6.00. The van der Waals surface area contributed by atoms with Gasteiger partial charge in [0.1, 0.15) is 0 Å². The molecule has 0 fully saturated rings. The summed E-state index contributed by atoms with van der Waals surface area (Å²) in [5.41, 5.74) is 0. The van der Waals surface area contributed by atoms with Crippen molar-refractivity contribution < 1.29 is 4.74 Å². The van der Waals surface area contributed by atoms with E-state index >= 15 is 0 Å². The van der Waals surface area contributed by atoms with Crippen molar-refractivity contribution in [3.8, 4) is 0 Å². The SMILES string of the molecule is CCCOCCCCCCCN(C)C. The normalized spacial score (nSPS) is 11.1. The molecule has 0 aliphatic carbocycles. The highest BCUT2D eigenvalue weighted by molar-refractivity contribution is 4.47. The van der Waals surface area contributed by atoms with Gasteiger partial charge in [0.05, 0.1) is 0 Å². The Morgan fingerprint density at radius 3 is 2.14 bits per heavy atom. The van der Waals surface area contributed by atoms with Gasteiger partial charge in [-0.3, -0.25) is 0 Å². The Morgan fingerprint density at radius 1 is 0.857 bits per heavy atom. The van der Waals surface area contributed by atoms with Crippen molar-refractivity contribution in [2.45, 2.75) is 45.4 Å². The Morgan fingerprint density at radius 2 is 1.50 bits per heavy atom. The molecule has 0 unspecified atom stereocenters. The molecule has 0 radical (unpaired) electrons. The van der Waals surface area contributed by atoms with E-state index in [1.165, 1.54) is 38.6 Å². The maximum Gasteiger partial charge on any atom is 0.0466 e. The number of nitrogens with zero attached hydrogens (tertiary/aromatic N) is 1. The molecule has 0 saturated carbocycles. The first-order chi connectivity index (χ1) is 6.77. The Hall–Kier alpha value is -0.0800. The smallest absolute Gasteiger partial charge is 0.0466 e. The second kappa shape index (κ2) is 11.0. The van der Waals surface area contributed by atoms with E-state index in [0.29, 0.717) is 0 Å². The number of hydrogen-bond acceptors (Lipinski definition) is 2. The molecule has 0 spiro atoms. The van der Waals surface area contributed by atoms with Crippen LogP contribution in [0.25, 0.3) is 0 Å². The molecule has 0 heterocycles. The van der Waals surface area contributed by atoms with Gasteiger partial charge in [-0.25, -0.2) is 0 Å². The third kappa shape index (κ3) is 11.9. The Kier molecular flexibility index (Phi) is 10.9. The zero-order valence-electron chi connectivity index (χ0n) is 10.2. The summed E-state index contributed by atoms with van der Waals surface area (Å²) in [5, 5.41) is 0. The largest absolute Gasteiger partial charge is 0.381 e. The molecule has 0 atom stereocenters. The maximum absolute atomic E-state index is 5.42. The third-order valence-electron chi connectivity index (χ3n) is 2.24. The van der Waals surface area contributed by atoms with Crippen molar-refractivity contribution in [1.82, 2.24) is 4.90 Å². The van der Waals surface area contributed by atoms with Crippen LogP contribution in [0.4, 0.5) is 0 Å². The summed E-state index contributed by atoms with van der Waals surface area (Å²) in [6.07, 6.45) is 7.78. The molecular weight excluding hydrogens is 174 g/mol. The lowest BCUT2D eigenvalue weighted by Crippen LogP contribution is -2.12. The average molecular weight is 201 g/mol. The molecule has 0 amide bonds. The van der Waals surface area contributed by atoms with Crippen LogP contribution in [0.15, 0.2) is 0 Å². The van der Waals surface area contributed by atoms with E-state index in [4.69, 9.17) is 4.74 Å². The van der Waals surface area contributed by atoms with Crippen molar-refractivity contribution in [3.05, 3.63) is 0 Å². The minimum absolute atomic E-state index is 0.931. The number of hydrogen-bond donors (Lipinski definition) is 0. The van der Waals surface area contributed by atoms with Crippen LogP contribution in [0.2, 0.25) is 0 Å². The number of rotatable bonds is 10. The van der Waals surface area contributed by atoms with Gasteiger partial charge in [0.25, 0.3) is 0 Å². The van der Waals surface area contributed by atoms with Crippen LogP contribution in [0, 0.1) is 0 Å². The zero-order chi connectivity index (χ0) is 10.6. The van der Waals surface area contributed by atoms with Crippen molar-refractivity contribution in [3.63, 3.8) is 0 Å². The van der Waals surface area contributed by atoms with Gasteiger partial charge in [-0.15, -0.1) is 0 Å². The van der Waals surface area contributed by atoms with Crippen LogP contribution >= 0.6 is 0 Å². The van der Waals surface area contributed by atoms with Crippen molar-refractivity contribution in [1.29, 1.82) is 0 Å². The van der Waals surface area contributed by atoms with Gasteiger partial charge >= 0.3 is 0 Å². The molecule has 2 heteroatoms. The summed E-state index contributed by atoms with van der Waals surface area (Å²) < 4.78 is 5.42. The summed E-state index contributed by atoms with van der Waals surface area (Å²) in [5.74, 6) is 0. The van der Waals surface area contributed by atoms with Gasteiger partial charge in [-0.05, 0) is 39.9 Å². The Balaban J connectivity index is 2.85. The number of unbranched alkanes of at least 4 members (excludes halogenated alkanes) is 4. The highest BCUT2D eigenvalue weighted by atomic mass is 16.5. The second-order valence-corrected chi connectivity index (χ2v) is 4.18. The van der Waals surface area contributed by atoms with Crippen LogP contribution in [0.5, 0.6) is 0 Å². The van der Waals surface area contributed by atoms with Crippen LogP contribution in [0.3, 0.4) is 0 Å². The van der Waals surface area contributed by atoms with E-state index in [1.807, 2.05) is 0 Å². The lowest BCUT2D eigenvalue weighted by atomic mass is 10.1. The van der Waals surface area contributed by atoms with E-state index in [0.717, 1.165) is 19.6 Å². The lowest BCUT2D eigenvalue weighted by molar-refractivity contribution is 0.130. The molecule has 0 aliphatic rings. The summed E-state index contributed by atoms with van der Waals surface area (Å²) >= 11 is 0. The first-order valence-corrected chi connectivity index (χ1v) is 6.00. The average Bonchev–Trinajstić information content (AvgIpc) is 2.15. The van der Waals surface area contributed by atoms with Crippen LogP contribution in [-0.2, 0) is 4.74 Å². The van der Waals surface area contributed by atoms with Gasteiger partial charge in [-0.2, -0.15) is 0 Å². The van der Waals surface area contributed by atoms with E-state index in [-0.39, 0.29) is 0 Å². The predicted octanol–water partition coefficient (Wildman–Crippen LogP) is 2.93. The minimum Gasteiger partial charge on any atom is -0.381 e. The number of ether oxygens (including phenoxy) is 1. The van der Waals surface area contributed by atoms with Crippen LogP contribution in [0.1, 0.15) is 45.4 Å². The van der Waals surface area contributed by atoms with Gasteiger partial charge in [0.2, 0.25) is 0 Å². The first kappa shape index (κ1) is 13.9. The van der Waals surface area contributed by atoms with E-state index in [2.05, 4.69) is 25.9 Å². The second-order valence-electron chi connectivity index (χ2n) is 4.18. The van der Waals surface area contributed by atoms with Gasteiger partial charge in [0.15, 0.2) is 0 Å². The standard InChI is InChI=1S/C12H27NO/c1-4-11-14-12-9-7-5-6-8-10-13(2)3/h4-12H2,1-3H3. The summed E-state index contributed by atoms with van der Waals surface area (Å²) in [7, 11) is 4.27. The molecule has 0 aromatic carbocycles. The molecule has 2 nitrogen and oxygen atoms in total. The van der Waals surface area contributed by atoms with E-state index in [9.17, 15) is 0 Å². The highest BCUT2D eigenvalue weighted by Crippen LogP contribution is 2.03. The molecule has 0 aromatic rings. The van der Waals surface area contributed by atoms with Crippen LogP contribution < -0.4 is 0 Å². The van der Waals surface area contributed by atoms with Gasteiger partial charge in [-0.1, -0.05) is 26.2 Å². The molecule has 0 saturated heterocycles. The van der Waals surface area contributed by atoms with E-state index in [1.54, 1.807) is 0 Å². The molecule has 86 valence electrons. The van der Waals surface area contributed by atoms with Crippen LogP contribution in [-0.4, -0.2) is 38.8 Å². The van der Waals surface area contributed by atoms with Gasteiger partial charge in [0, 0.05) is 13.2 Å². The van der Waals surface area contributed by atoms with Crippen molar-refractivity contribution >= 4 is 0 Å². The zero-order valence-corrected chi connectivity index (χ0v) is 10.2. The monoisotopic (exact) mass is 201 g/mol. The Labute approximate surface area is 89.6 Å². The fraction of sp³-hybridized carbons (Fsp3) is 1.00. The van der Waals surface area contributed by atoms with Crippen molar-refractivity contribution in [2.24, 2.45) is 0 Å². The summed E-state index contributed by atoms with van der Waals surface area (Å²) in [4.78, 5) is 2.25. The fourth-order valence-corrected chi connectivity index (χ4v) is 1.41. The quantitative estimate of drug-likeness (QED) is 0.504. The topological polar surface area (TPSA) is 12.5 Å². The highest BCUT2D eigenvalue weighted by Gasteiger charge is 1.92. The third-order valence-corrected chi connectivity index (χ3v) is 2.24. The molecule has 0 rings (SSSR count).